The van der Waals surface area contributed by atoms with Crippen LogP contribution in [0.25, 0.3) is 0 Å². The minimum Gasteiger partial charge on any atom is -0.371 e. The number of hydrogen-bond donors (Lipinski definition) is 0. The van der Waals surface area contributed by atoms with Crippen molar-refractivity contribution < 1.29 is 9.53 Å². The molecule has 6 nitrogen and oxygen atoms in total. The van der Waals surface area contributed by atoms with E-state index in [1.165, 1.54) is 11.3 Å². The molecule has 0 unspecified atom stereocenters. The van der Waals surface area contributed by atoms with E-state index < -0.39 is 0 Å². The van der Waals surface area contributed by atoms with Crippen molar-refractivity contribution >= 4 is 5.91 Å². The van der Waals surface area contributed by atoms with Gasteiger partial charge in [0, 0.05) is 52.0 Å². The minimum absolute atomic E-state index is 0.0293. The average Bonchev–Trinajstić information content (AvgIpc) is 2.85. The van der Waals surface area contributed by atoms with Crippen molar-refractivity contribution in [2.24, 2.45) is 5.92 Å². The zero-order chi connectivity index (χ0) is 18.0. The van der Waals surface area contributed by atoms with Gasteiger partial charge in [-0.05, 0) is 37.9 Å². The summed E-state index contributed by atoms with van der Waals surface area (Å²) in [5.41, 5.74) is 2.72. The van der Waals surface area contributed by atoms with E-state index in [0.29, 0.717) is 12.5 Å². The second-order valence-corrected chi connectivity index (χ2v) is 7.89. The van der Waals surface area contributed by atoms with E-state index in [1.54, 1.807) is 19.0 Å². The van der Waals surface area contributed by atoms with Crippen molar-refractivity contribution in [3.8, 4) is 0 Å². The van der Waals surface area contributed by atoms with Gasteiger partial charge < -0.3 is 9.64 Å². The molecule has 2 saturated heterocycles. The number of aromatic nitrogens is 1. The highest BCUT2D eigenvalue weighted by molar-refractivity contribution is 5.76. The van der Waals surface area contributed by atoms with Gasteiger partial charge in [0.25, 0.3) is 0 Å². The summed E-state index contributed by atoms with van der Waals surface area (Å²) in [7, 11) is 5.74. The maximum Gasteiger partial charge on any atom is 0.248 e. The van der Waals surface area contributed by atoms with Gasteiger partial charge in [-0.1, -0.05) is 6.07 Å². The standard InChI is InChI=1S/C19H30N4O2/c1-15-6-5-7-20-17(15)10-23-13-19(14-23)8-16(9-22(19)4)11-25-12-18(24)21(2)3/h5-7,16H,8-14H2,1-4H3/t16-/m0/s1. The Labute approximate surface area is 150 Å². The number of likely N-dealkylation sites (N-methyl/N-ethyl adjacent to an activating group) is 2. The molecule has 0 aromatic carbocycles. The lowest BCUT2D eigenvalue weighted by Crippen LogP contribution is -2.66. The summed E-state index contributed by atoms with van der Waals surface area (Å²) in [5.74, 6) is 0.542. The van der Waals surface area contributed by atoms with Gasteiger partial charge in [0.05, 0.1) is 12.3 Å². The van der Waals surface area contributed by atoms with Crippen LogP contribution in [0.5, 0.6) is 0 Å². The van der Waals surface area contributed by atoms with E-state index >= 15 is 0 Å². The maximum absolute atomic E-state index is 11.6. The van der Waals surface area contributed by atoms with Crippen LogP contribution in [0.15, 0.2) is 18.3 Å². The number of carbonyl (C=O) groups excluding carboxylic acids is 1. The van der Waals surface area contributed by atoms with Gasteiger partial charge in [0.2, 0.25) is 5.91 Å². The number of nitrogens with zero attached hydrogens (tertiary/aromatic N) is 4. The number of pyridine rings is 1. The highest BCUT2D eigenvalue weighted by Gasteiger charge is 2.51. The van der Waals surface area contributed by atoms with Crippen molar-refractivity contribution in [1.29, 1.82) is 0 Å². The second kappa shape index (κ2) is 7.40. The Morgan fingerprint density at radius 1 is 1.44 bits per heavy atom. The maximum atomic E-state index is 11.6. The molecule has 0 radical (unpaired) electrons. The molecule has 1 aromatic rings. The number of aryl methyl sites for hydroxylation is 1. The molecule has 3 heterocycles. The number of hydrogen-bond acceptors (Lipinski definition) is 5. The van der Waals surface area contributed by atoms with Gasteiger partial charge in [-0.25, -0.2) is 0 Å². The molecule has 0 bridgehead atoms. The zero-order valence-electron chi connectivity index (χ0n) is 15.9. The van der Waals surface area contributed by atoms with Gasteiger partial charge in [-0.3, -0.25) is 19.6 Å². The van der Waals surface area contributed by atoms with Crippen molar-refractivity contribution in [3.63, 3.8) is 0 Å². The van der Waals surface area contributed by atoms with Gasteiger partial charge in [-0.2, -0.15) is 0 Å². The molecule has 2 aliphatic heterocycles. The predicted octanol–water partition coefficient (Wildman–Crippen LogP) is 1.00. The summed E-state index contributed by atoms with van der Waals surface area (Å²) < 4.78 is 5.65. The van der Waals surface area contributed by atoms with Gasteiger partial charge in [-0.15, -0.1) is 0 Å². The summed E-state index contributed by atoms with van der Waals surface area (Å²) in [5, 5.41) is 0. The SMILES string of the molecule is Cc1cccnc1CN1CC2(C[C@H](COCC(=O)N(C)C)CN2C)C1. The lowest BCUT2D eigenvalue weighted by molar-refractivity contribution is -0.134. The van der Waals surface area contributed by atoms with Crippen molar-refractivity contribution in [1.82, 2.24) is 19.7 Å². The molecule has 0 N–H and O–H groups in total. The van der Waals surface area contributed by atoms with Gasteiger partial charge in [0.1, 0.15) is 6.61 Å². The highest BCUT2D eigenvalue weighted by atomic mass is 16.5. The van der Waals surface area contributed by atoms with Crippen LogP contribution < -0.4 is 0 Å². The fourth-order valence-corrected chi connectivity index (χ4v) is 4.06. The van der Waals surface area contributed by atoms with Crippen LogP contribution in [-0.4, -0.2) is 85.1 Å². The second-order valence-electron chi connectivity index (χ2n) is 7.89. The first-order chi connectivity index (χ1) is 11.9. The Morgan fingerprint density at radius 2 is 2.20 bits per heavy atom. The van der Waals surface area contributed by atoms with Crippen LogP contribution in [0.3, 0.4) is 0 Å². The average molecular weight is 346 g/mol. The lowest BCUT2D eigenvalue weighted by atomic mass is 9.84. The smallest absolute Gasteiger partial charge is 0.248 e. The molecule has 2 aliphatic rings. The zero-order valence-corrected chi connectivity index (χ0v) is 15.9. The fraction of sp³-hybridized carbons (Fsp3) is 0.684. The minimum atomic E-state index is 0.0293. The quantitative estimate of drug-likeness (QED) is 0.769. The molecule has 0 saturated carbocycles. The van der Waals surface area contributed by atoms with E-state index in [-0.39, 0.29) is 18.1 Å². The Morgan fingerprint density at radius 3 is 2.88 bits per heavy atom. The molecule has 1 atom stereocenters. The van der Waals surface area contributed by atoms with Gasteiger partial charge in [0.15, 0.2) is 0 Å². The number of rotatable bonds is 6. The number of amides is 1. The highest BCUT2D eigenvalue weighted by Crippen LogP contribution is 2.40. The largest absolute Gasteiger partial charge is 0.371 e. The third-order valence-electron chi connectivity index (χ3n) is 5.62. The van der Waals surface area contributed by atoms with Crippen LogP contribution in [0.1, 0.15) is 17.7 Å². The van der Waals surface area contributed by atoms with Crippen LogP contribution in [0, 0.1) is 12.8 Å². The summed E-state index contributed by atoms with van der Waals surface area (Å²) in [4.78, 5) is 22.6. The summed E-state index contributed by atoms with van der Waals surface area (Å²) >= 11 is 0. The normalized spacial score (nSPS) is 23.0. The number of likely N-dealkylation sites (tertiary alicyclic amines) is 2. The molecule has 25 heavy (non-hydrogen) atoms. The lowest BCUT2D eigenvalue weighted by Gasteiger charge is -2.52. The molecule has 0 aliphatic carbocycles. The Hall–Kier alpha value is -1.50. The molecule has 1 aromatic heterocycles. The topological polar surface area (TPSA) is 48.9 Å². The van der Waals surface area contributed by atoms with Crippen molar-refractivity contribution in [2.75, 3.05) is 54.0 Å². The molecule has 138 valence electrons. The number of carbonyl (C=O) groups is 1. The first-order valence-electron chi connectivity index (χ1n) is 9.01. The van der Waals surface area contributed by atoms with Gasteiger partial charge >= 0.3 is 0 Å². The molecule has 3 rings (SSSR count). The molecular weight excluding hydrogens is 316 g/mol. The van der Waals surface area contributed by atoms with Crippen LogP contribution in [-0.2, 0) is 16.1 Å². The Balaban J connectivity index is 1.45. The Bertz CT molecular complexity index is 613. The first-order valence-corrected chi connectivity index (χ1v) is 9.01. The fourth-order valence-electron chi connectivity index (χ4n) is 4.06. The molecule has 1 amide bonds. The number of ether oxygens (including phenoxy) is 1. The third kappa shape index (κ3) is 4.02. The van der Waals surface area contributed by atoms with E-state index in [9.17, 15) is 4.79 Å². The summed E-state index contributed by atoms with van der Waals surface area (Å²) in [6.07, 6.45) is 3.03. The molecule has 6 heteroatoms. The third-order valence-corrected chi connectivity index (χ3v) is 5.62. The monoisotopic (exact) mass is 346 g/mol. The van der Waals surface area contributed by atoms with E-state index in [2.05, 4.69) is 34.8 Å². The molecule has 2 fully saturated rings. The van der Waals surface area contributed by atoms with Crippen LogP contribution >= 0.6 is 0 Å². The van der Waals surface area contributed by atoms with Crippen LogP contribution in [0.4, 0.5) is 0 Å². The first kappa shape index (κ1) is 18.3. The summed E-state index contributed by atoms with van der Waals surface area (Å²) in [6, 6.07) is 4.12. The van der Waals surface area contributed by atoms with Crippen molar-refractivity contribution in [2.45, 2.75) is 25.4 Å². The molecular formula is C19H30N4O2. The Kier molecular flexibility index (Phi) is 5.41. The van der Waals surface area contributed by atoms with Crippen molar-refractivity contribution in [3.05, 3.63) is 29.6 Å². The molecule has 1 spiro atoms. The predicted molar refractivity (Wildman–Crippen MR) is 97.2 cm³/mol. The van der Waals surface area contributed by atoms with E-state index in [0.717, 1.165) is 32.6 Å². The van der Waals surface area contributed by atoms with E-state index in [4.69, 9.17) is 4.74 Å². The summed E-state index contributed by atoms with van der Waals surface area (Å²) in [6.45, 7) is 7.14. The van der Waals surface area contributed by atoms with E-state index in [1.807, 2.05) is 12.3 Å². The van der Waals surface area contributed by atoms with Crippen LogP contribution in [0.2, 0.25) is 0 Å².